The Morgan fingerprint density at radius 2 is 1.52 bits per heavy atom. The number of nitrogens with one attached hydrogen (secondary N) is 1. The maximum Gasteiger partial charge on any atom is 0.311 e. The molecule has 1 N–H and O–H groups in total. The zero-order valence-electron chi connectivity index (χ0n) is 15.8. The van der Waals surface area contributed by atoms with Crippen LogP contribution in [0.5, 0.6) is 0 Å². The van der Waals surface area contributed by atoms with E-state index < -0.39 is 12.1 Å². The lowest BCUT2D eigenvalue weighted by Gasteiger charge is -2.32. The summed E-state index contributed by atoms with van der Waals surface area (Å²) in [6.45, 7) is 10.8. The second-order valence-electron chi connectivity index (χ2n) is 6.62. The lowest BCUT2D eigenvalue weighted by atomic mass is 10.1. The summed E-state index contributed by atoms with van der Waals surface area (Å²) in [5.74, 6) is -0.806. The summed E-state index contributed by atoms with van der Waals surface area (Å²) < 4.78 is 5.29. The van der Waals surface area contributed by atoms with Gasteiger partial charge in [-0.25, -0.2) is 0 Å². The van der Waals surface area contributed by atoms with Gasteiger partial charge in [-0.2, -0.15) is 0 Å². The molecule has 0 aromatic heterocycles. The Labute approximate surface area is 149 Å². The second-order valence-corrected chi connectivity index (χ2v) is 6.62. The molecule has 0 saturated heterocycles. The van der Waals surface area contributed by atoms with E-state index in [1.807, 2.05) is 27.7 Å². The Bertz CT molecular complexity index is 600. The third-order valence-corrected chi connectivity index (χ3v) is 3.65. The highest BCUT2D eigenvalue weighted by Gasteiger charge is 2.27. The van der Waals surface area contributed by atoms with Crippen molar-refractivity contribution in [1.82, 2.24) is 4.90 Å². The van der Waals surface area contributed by atoms with E-state index in [-0.39, 0.29) is 30.3 Å². The number of ether oxygens (including phenoxy) is 1. The molecule has 0 heterocycles. The van der Waals surface area contributed by atoms with E-state index in [2.05, 4.69) is 5.32 Å². The minimum Gasteiger partial charge on any atom is -0.452 e. The first-order valence-electron chi connectivity index (χ1n) is 8.50. The molecule has 0 spiro atoms. The molecule has 6 nitrogen and oxygen atoms in total. The average Bonchev–Trinajstić information content (AvgIpc) is 2.47. The highest BCUT2D eigenvalue weighted by atomic mass is 16.5. The number of anilines is 1. The number of carbonyl (C=O) groups excluding carboxylic acids is 3. The molecule has 0 fully saturated rings. The summed E-state index contributed by atoms with van der Waals surface area (Å²) in [6.07, 6.45) is -0.752. The summed E-state index contributed by atoms with van der Waals surface area (Å²) in [6, 6.07) is 7.00. The number of hydrogen-bond acceptors (Lipinski definition) is 4. The summed E-state index contributed by atoms with van der Waals surface area (Å²) in [4.78, 5) is 37.3. The van der Waals surface area contributed by atoms with E-state index in [9.17, 15) is 14.4 Å². The van der Waals surface area contributed by atoms with Crippen molar-refractivity contribution in [2.24, 2.45) is 0 Å². The molecule has 0 radical (unpaired) electrons. The number of hydrogen-bond donors (Lipinski definition) is 1. The number of rotatable bonds is 7. The maximum atomic E-state index is 12.5. The van der Waals surface area contributed by atoms with Gasteiger partial charge in [-0.15, -0.1) is 0 Å². The van der Waals surface area contributed by atoms with Crippen molar-refractivity contribution < 1.29 is 19.1 Å². The standard InChI is InChI=1S/C19H28N2O4/c1-12(2)21(13(3)4)19(24)14(5)25-18(23)11-16-7-9-17(10-8-16)20-15(6)22/h7-10,12-14H,11H2,1-6H3,(H,20,22)/t14-/m1/s1. The minimum atomic E-state index is -0.823. The third-order valence-electron chi connectivity index (χ3n) is 3.65. The van der Waals surface area contributed by atoms with Crippen molar-refractivity contribution in [3.05, 3.63) is 29.8 Å². The van der Waals surface area contributed by atoms with E-state index in [1.165, 1.54) is 6.92 Å². The molecule has 1 atom stereocenters. The predicted molar refractivity (Wildman–Crippen MR) is 97.1 cm³/mol. The first-order chi connectivity index (χ1) is 11.6. The maximum absolute atomic E-state index is 12.5. The molecule has 1 rings (SSSR count). The summed E-state index contributed by atoms with van der Waals surface area (Å²) >= 11 is 0. The van der Waals surface area contributed by atoms with Crippen molar-refractivity contribution in [3.63, 3.8) is 0 Å². The molecule has 138 valence electrons. The van der Waals surface area contributed by atoms with Gasteiger partial charge < -0.3 is 15.0 Å². The molecule has 0 bridgehead atoms. The zero-order chi connectivity index (χ0) is 19.1. The van der Waals surface area contributed by atoms with Gasteiger partial charge in [0.1, 0.15) is 0 Å². The van der Waals surface area contributed by atoms with Gasteiger partial charge in [0.25, 0.3) is 5.91 Å². The highest BCUT2D eigenvalue weighted by Crippen LogP contribution is 2.13. The first-order valence-corrected chi connectivity index (χ1v) is 8.50. The van der Waals surface area contributed by atoms with Crippen molar-refractivity contribution in [2.45, 2.75) is 66.2 Å². The molecular weight excluding hydrogens is 320 g/mol. The van der Waals surface area contributed by atoms with Gasteiger partial charge in [-0.1, -0.05) is 12.1 Å². The molecule has 0 saturated carbocycles. The number of amides is 2. The molecule has 6 heteroatoms. The number of esters is 1. The van der Waals surface area contributed by atoms with Gasteiger partial charge >= 0.3 is 5.97 Å². The van der Waals surface area contributed by atoms with E-state index in [1.54, 1.807) is 36.1 Å². The van der Waals surface area contributed by atoms with Crippen LogP contribution in [0.25, 0.3) is 0 Å². The fourth-order valence-electron chi connectivity index (χ4n) is 2.68. The molecule has 1 aromatic carbocycles. The topological polar surface area (TPSA) is 75.7 Å². The van der Waals surface area contributed by atoms with Crippen LogP contribution in [0.1, 0.15) is 47.1 Å². The minimum absolute atomic E-state index is 0.0370. The van der Waals surface area contributed by atoms with Crippen LogP contribution in [0.3, 0.4) is 0 Å². The van der Waals surface area contributed by atoms with Crippen molar-refractivity contribution in [3.8, 4) is 0 Å². The van der Waals surface area contributed by atoms with Gasteiger partial charge in [-0.3, -0.25) is 14.4 Å². The summed E-state index contributed by atoms with van der Waals surface area (Å²) in [5.41, 5.74) is 1.42. The lowest BCUT2D eigenvalue weighted by molar-refractivity contribution is -0.160. The largest absolute Gasteiger partial charge is 0.452 e. The van der Waals surface area contributed by atoms with Crippen LogP contribution in [-0.4, -0.2) is 40.9 Å². The van der Waals surface area contributed by atoms with Crippen LogP contribution in [0.15, 0.2) is 24.3 Å². The van der Waals surface area contributed by atoms with E-state index in [4.69, 9.17) is 4.74 Å². The Balaban J connectivity index is 2.63. The molecule has 0 aliphatic heterocycles. The van der Waals surface area contributed by atoms with Crippen LogP contribution in [-0.2, 0) is 25.5 Å². The van der Waals surface area contributed by atoms with Crippen LogP contribution in [0, 0.1) is 0 Å². The molecule has 0 unspecified atom stereocenters. The number of benzene rings is 1. The molecule has 25 heavy (non-hydrogen) atoms. The van der Waals surface area contributed by atoms with Crippen molar-refractivity contribution in [1.29, 1.82) is 0 Å². The van der Waals surface area contributed by atoms with Crippen LogP contribution in [0.4, 0.5) is 5.69 Å². The lowest BCUT2D eigenvalue weighted by Crippen LogP contribution is -2.47. The smallest absolute Gasteiger partial charge is 0.311 e. The van der Waals surface area contributed by atoms with Crippen LogP contribution >= 0.6 is 0 Å². The summed E-state index contributed by atoms with van der Waals surface area (Å²) in [5, 5.41) is 2.66. The average molecular weight is 348 g/mol. The Hall–Kier alpha value is -2.37. The SMILES string of the molecule is CC(=O)Nc1ccc(CC(=O)O[C@H](C)C(=O)N(C(C)C)C(C)C)cc1. The molecule has 0 aliphatic carbocycles. The highest BCUT2D eigenvalue weighted by molar-refractivity contribution is 5.88. The predicted octanol–water partition coefficient (Wildman–Crippen LogP) is 2.76. The van der Waals surface area contributed by atoms with Gasteiger partial charge in [0, 0.05) is 24.7 Å². The van der Waals surface area contributed by atoms with Crippen molar-refractivity contribution in [2.75, 3.05) is 5.32 Å². The van der Waals surface area contributed by atoms with Gasteiger partial charge in [0.15, 0.2) is 6.10 Å². The van der Waals surface area contributed by atoms with E-state index in [0.717, 1.165) is 5.56 Å². The number of nitrogens with zero attached hydrogens (tertiary/aromatic N) is 1. The fraction of sp³-hybridized carbons (Fsp3) is 0.526. The summed E-state index contributed by atoms with van der Waals surface area (Å²) in [7, 11) is 0. The Morgan fingerprint density at radius 3 is 1.96 bits per heavy atom. The van der Waals surface area contributed by atoms with Crippen LogP contribution < -0.4 is 5.32 Å². The molecule has 2 amide bonds. The van der Waals surface area contributed by atoms with E-state index in [0.29, 0.717) is 5.69 Å². The van der Waals surface area contributed by atoms with Gasteiger partial charge in [-0.05, 0) is 52.3 Å². The first kappa shape index (κ1) is 20.7. The monoisotopic (exact) mass is 348 g/mol. The van der Waals surface area contributed by atoms with Crippen LogP contribution in [0.2, 0.25) is 0 Å². The second kappa shape index (κ2) is 9.20. The molecule has 0 aliphatic rings. The third kappa shape index (κ3) is 6.57. The zero-order valence-corrected chi connectivity index (χ0v) is 15.8. The number of carbonyl (C=O) groups is 3. The van der Waals surface area contributed by atoms with Crippen molar-refractivity contribution >= 4 is 23.5 Å². The molecule has 1 aromatic rings. The fourth-order valence-corrected chi connectivity index (χ4v) is 2.68. The molecular formula is C19H28N2O4. The van der Waals surface area contributed by atoms with E-state index >= 15 is 0 Å². The van der Waals surface area contributed by atoms with Gasteiger partial charge in [0.2, 0.25) is 5.91 Å². The normalized spacial score (nSPS) is 12.0. The quantitative estimate of drug-likeness (QED) is 0.769. The Kier molecular flexibility index (Phi) is 7.61. The Morgan fingerprint density at radius 1 is 1.00 bits per heavy atom. The van der Waals surface area contributed by atoms with Gasteiger partial charge in [0.05, 0.1) is 6.42 Å².